The topological polar surface area (TPSA) is 129 Å². The molecular formula is C23H20F2N6O3S. The van der Waals surface area contributed by atoms with Crippen LogP contribution < -0.4 is 15.8 Å². The number of thioether (sulfide) groups is 1. The largest absolute Gasteiger partial charge is 0.467 e. The average molecular weight is 499 g/mol. The standard InChI is InChI=1S/C23H20F2N6O3S/c1-27-21(32)23-8-14(23)20(31-22(26)35-23)13-6-12(2-3-15(13)24)7-16(25)17-9-30-18(10-29-17)34-11-19-28-4-5-33-19/h2-7,9-10,14,20H,8,11H2,1H3,(H2,26,31)(H,27,32)/b16-7-. The molecule has 35 heavy (non-hydrogen) atoms. The summed E-state index contributed by atoms with van der Waals surface area (Å²) in [6.45, 7) is 0.0621. The molecule has 5 rings (SSSR count). The van der Waals surface area contributed by atoms with Crippen LogP contribution in [0.2, 0.25) is 0 Å². The number of hydrogen-bond donors (Lipinski definition) is 2. The van der Waals surface area contributed by atoms with Gasteiger partial charge in [-0.3, -0.25) is 9.79 Å². The lowest BCUT2D eigenvalue weighted by Gasteiger charge is -2.25. The van der Waals surface area contributed by atoms with Crippen molar-refractivity contribution in [1.82, 2.24) is 20.3 Å². The Morgan fingerprint density at radius 3 is 2.94 bits per heavy atom. The molecule has 1 saturated carbocycles. The highest BCUT2D eigenvalue weighted by atomic mass is 32.2. The fourth-order valence-electron chi connectivity index (χ4n) is 4.07. The van der Waals surface area contributed by atoms with Crippen LogP contribution >= 0.6 is 11.8 Å². The number of amides is 1. The van der Waals surface area contributed by atoms with Crippen LogP contribution in [-0.4, -0.2) is 37.8 Å². The number of nitrogens with zero attached hydrogens (tertiary/aromatic N) is 4. The van der Waals surface area contributed by atoms with E-state index in [2.05, 4.69) is 25.3 Å². The van der Waals surface area contributed by atoms with Gasteiger partial charge >= 0.3 is 0 Å². The van der Waals surface area contributed by atoms with E-state index < -0.39 is 22.4 Å². The Morgan fingerprint density at radius 2 is 2.23 bits per heavy atom. The number of fused-ring (bicyclic) bond motifs is 1. The number of carbonyl (C=O) groups excluding carboxylic acids is 1. The van der Waals surface area contributed by atoms with E-state index in [-0.39, 0.29) is 40.7 Å². The molecule has 3 aromatic rings. The smallest absolute Gasteiger partial charge is 0.236 e. The van der Waals surface area contributed by atoms with Gasteiger partial charge in [-0.05, 0) is 30.2 Å². The van der Waals surface area contributed by atoms with Crippen LogP contribution in [0.15, 0.2) is 52.5 Å². The molecule has 1 aliphatic heterocycles. The summed E-state index contributed by atoms with van der Waals surface area (Å²) in [5.74, 6) is -0.977. The first-order chi connectivity index (χ1) is 16.9. The summed E-state index contributed by atoms with van der Waals surface area (Å²) in [6.07, 6.45) is 7.18. The van der Waals surface area contributed by atoms with Gasteiger partial charge < -0.3 is 20.2 Å². The molecule has 1 amide bonds. The van der Waals surface area contributed by atoms with Crippen LogP contribution in [-0.2, 0) is 11.4 Å². The van der Waals surface area contributed by atoms with Crippen molar-refractivity contribution < 1.29 is 22.7 Å². The zero-order valence-corrected chi connectivity index (χ0v) is 19.3. The van der Waals surface area contributed by atoms with Crippen molar-refractivity contribution in [2.75, 3.05) is 7.05 Å². The third-order valence-corrected chi connectivity index (χ3v) is 7.17. The molecule has 2 aromatic heterocycles. The van der Waals surface area contributed by atoms with Gasteiger partial charge in [-0.2, -0.15) is 0 Å². The van der Waals surface area contributed by atoms with E-state index >= 15 is 0 Å². The monoisotopic (exact) mass is 498 g/mol. The summed E-state index contributed by atoms with van der Waals surface area (Å²) in [5, 5.41) is 2.87. The molecule has 3 atom stereocenters. The minimum absolute atomic E-state index is 0.0171. The molecule has 1 fully saturated rings. The number of oxazole rings is 1. The number of nitrogens with one attached hydrogen (secondary N) is 1. The molecule has 0 radical (unpaired) electrons. The summed E-state index contributed by atoms with van der Waals surface area (Å²) >= 11 is 1.20. The Labute approximate surface area is 202 Å². The van der Waals surface area contributed by atoms with Gasteiger partial charge in [0, 0.05) is 18.5 Å². The predicted octanol–water partition coefficient (Wildman–Crippen LogP) is 3.26. The molecule has 0 spiro atoms. The highest BCUT2D eigenvalue weighted by Crippen LogP contribution is 2.63. The van der Waals surface area contributed by atoms with E-state index in [0.717, 1.165) is 0 Å². The molecule has 0 bridgehead atoms. The third-order valence-electron chi connectivity index (χ3n) is 5.84. The lowest BCUT2D eigenvalue weighted by molar-refractivity contribution is -0.121. The van der Waals surface area contributed by atoms with E-state index in [1.807, 2.05) is 0 Å². The average Bonchev–Trinajstić information content (AvgIpc) is 3.37. The zero-order valence-electron chi connectivity index (χ0n) is 18.4. The molecule has 3 heterocycles. The second kappa shape index (κ2) is 9.10. The van der Waals surface area contributed by atoms with Gasteiger partial charge in [0.05, 0.1) is 24.6 Å². The molecule has 3 N–H and O–H groups in total. The van der Waals surface area contributed by atoms with Crippen molar-refractivity contribution in [3.8, 4) is 5.88 Å². The van der Waals surface area contributed by atoms with E-state index in [9.17, 15) is 13.6 Å². The predicted molar refractivity (Wildman–Crippen MR) is 125 cm³/mol. The van der Waals surface area contributed by atoms with Gasteiger partial charge in [-0.25, -0.2) is 23.7 Å². The van der Waals surface area contributed by atoms with Crippen LogP contribution in [0, 0.1) is 11.7 Å². The lowest BCUT2D eigenvalue weighted by Crippen LogP contribution is -2.38. The normalized spacial score (nSPS) is 23.3. The van der Waals surface area contributed by atoms with Crippen molar-refractivity contribution >= 4 is 34.7 Å². The lowest BCUT2D eigenvalue weighted by atomic mass is 9.98. The van der Waals surface area contributed by atoms with Crippen LogP contribution in [0.4, 0.5) is 8.78 Å². The van der Waals surface area contributed by atoms with Gasteiger partial charge in [-0.15, -0.1) is 0 Å². The van der Waals surface area contributed by atoms with Gasteiger partial charge in [-0.1, -0.05) is 17.8 Å². The number of hydrogen-bond acceptors (Lipinski definition) is 9. The molecule has 3 unspecified atom stereocenters. The Hall–Kier alpha value is -3.80. The summed E-state index contributed by atoms with van der Waals surface area (Å²) in [5.41, 5.74) is 6.61. The van der Waals surface area contributed by atoms with Gasteiger partial charge in [0.1, 0.15) is 22.5 Å². The maximum atomic E-state index is 14.9. The highest BCUT2D eigenvalue weighted by molar-refractivity contribution is 8.15. The Kier molecular flexibility index (Phi) is 5.97. The van der Waals surface area contributed by atoms with Crippen LogP contribution in [0.3, 0.4) is 0 Å². The number of aromatic nitrogens is 3. The highest BCUT2D eigenvalue weighted by Gasteiger charge is 2.66. The number of halogens is 2. The Balaban J connectivity index is 1.34. The summed E-state index contributed by atoms with van der Waals surface area (Å²) in [6, 6.07) is 3.57. The second-order valence-electron chi connectivity index (χ2n) is 8.02. The first-order valence-corrected chi connectivity index (χ1v) is 11.5. The maximum Gasteiger partial charge on any atom is 0.236 e. The number of rotatable bonds is 7. The zero-order chi connectivity index (χ0) is 24.6. The van der Waals surface area contributed by atoms with Gasteiger partial charge in [0.25, 0.3) is 0 Å². The first kappa shape index (κ1) is 23.0. The number of benzene rings is 1. The van der Waals surface area contributed by atoms with Crippen molar-refractivity contribution in [3.05, 3.63) is 71.6 Å². The Morgan fingerprint density at radius 1 is 1.37 bits per heavy atom. The fraction of sp³-hybridized carbons (Fsp3) is 0.261. The molecule has 1 aromatic carbocycles. The summed E-state index contributed by atoms with van der Waals surface area (Å²) in [7, 11) is 1.55. The summed E-state index contributed by atoms with van der Waals surface area (Å²) in [4.78, 5) is 28.8. The van der Waals surface area contributed by atoms with Gasteiger partial charge in [0.15, 0.2) is 17.6 Å². The fourth-order valence-corrected chi connectivity index (χ4v) is 5.35. The quantitative estimate of drug-likeness (QED) is 0.508. The molecule has 12 heteroatoms. The first-order valence-electron chi connectivity index (χ1n) is 10.6. The molecular weight excluding hydrogens is 478 g/mol. The van der Waals surface area contributed by atoms with E-state index in [0.29, 0.717) is 17.9 Å². The molecule has 9 nitrogen and oxygen atoms in total. The SMILES string of the molecule is CNC(=O)C12CC1C(c1cc(/C=C(\F)c3cnc(OCc4ncco4)cn3)ccc1F)N=C(N)S2. The van der Waals surface area contributed by atoms with Crippen molar-refractivity contribution in [1.29, 1.82) is 0 Å². The van der Waals surface area contributed by atoms with Gasteiger partial charge in [0.2, 0.25) is 17.7 Å². The Bertz CT molecular complexity index is 1320. The second-order valence-corrected chi connectivity index (χ2v) is 9.37. The number of carbonyl (C=O) groups is 1. The molecule has 180 valence electrons. The number of amidine groups is 1. The van der Waals surface area contributed by atoms with Crippen LogP contribution in [0.25, 0.3) is 11.9 Å². The number of ether oxygens (including phenoxy) is 1. The van der Waals surface area contributed by atoms with Crippen molar-refractivity contribution in [2.45, 2.75) is 23.8 Å². The van der Waals surface area contributed by atoms with Crippen LogP contribution in [0.5, 0.6) is 5.88 Å². The van der Waals surface area contributed by atoms with E-state index in [1.54, 1.807) is 7.05 Å². The number of nitrogens with two attached hydrogens (primary N) is 1. The molecule has 2 aliphatic rings. The molecule has 1 aliphatic carbocycles. The number of aliphatic imine (C=N–C) groups is 1. The minimum atomic E-state index is -0.749. The molecule has 0 saturated heterocycles. The van der Waals surface area contributed by atoms with E-state index in [4.69, 9.17) is 14.9 Å². The van der Waals surface area contributed by atoms with Crippen molar-refractivity contribution in [2.24, 2.45) is 16.6 Å². The summed E-state index contributed by atoms with van der Waals surface area (Å²) < 4.78 is 39.4. The van der Waals surface area contributed by atoms with E-state index in [1.165, 1.54) is 60.9 Å². The minimum Gasteiger partial charge on any atom is -0.467 e. The third kappa shape index (κ3) is 4.48. The van der Waals surface area contributed by atoms with Crippen molar-refractivity contribution in [3.63, 3.8) is 0 Å². The van der Waals surface area contributed by atoms with Crippen LogP contribution in [0.1, 0.15) is 35.2 Å². The maximum absolute atomic E-state index is 14.9.